The first-order chi connectivity index (χ1) is 17.8. The molecule has 1 saturated heterocycles. The molecule has 1 atom stereocenters. The van der Waals surface area contributed by atoms with E-state index in [1.54, 1.807) is 19.2 Å². The summed E-state index contributed by atoms with van der Waals surface area (Å²) in [6.45, 7) is 4.47. The van der Waals surface area contributed by atoms with E-state index >= 15 is 0 Å². The monoisotopic (exact) mass is 567 g/mol. The van der Waals surface area contributed by atoms with Crippen LogP contribution in [0.4, 0.5) is 5.69 Å². The lowest BCUT2D eigenvalue weighted by atomic mass is 9.89. The number of amides is 1. The molecule has 1 unspecified atom stereocenters. The van der Waals surface area contributed by atoms with Gasteiger partial charge in [-0.1, -0.05) is 0 Å². The lowest BCUT2D eigenvalue weighted by Gasteiger charge is -2.38. The van der Waals surface area contributed by atoms with Gasteiger partial charge < -0.3 is 19.5 Å². The summed E-state index contributed by atoms with van der Waals surface area (Å²) >= 11 is 0. The zero-order chi connectivity index (χ0) is 27.7. The third-order valence-corrected chi connectivity index (χ3v) is 9.49. The summed E-state index contributed by atoms with van der Waals surface area (Å²) in [7, 11) is -6.05. The number of methoxy groups -OCH3 is 1. The molecule has 1 fully saturated rings. The molecule has 2 aliphatic heterocycles. The first-order valence-corrected chi connectivity index (χ1v) is 15.4. The van der Waals surface area contributed by atoms with Crippen LogP contribution in [-0.2, 0) is 29.6 Å². The maximum absolute atomic E-state index is 13.1. The summed E-state index contributed by atoms with van der Waals surface area (Å²) in [6, 6.07) is 10.4. The Labute approximate surface area is 223 Å². The fourth-order valence-electron chi connectivity index (χ4n) is 4.58. The van der Waals surface area contributed by atoms with E-state index in [9.17, 15) is 21.6 Å². The van der Waals surface area contributed by atoms with Crippen LogP contribution in [0.2, 0.25) is 0 Å². The molecule has 0 aromatic heterocycles. The average Bonchev–Trinajstić information content (AvgIpc) is 2.86. The van der Waals surface area contributed by atoms with Crippen molar-refractivity contribution in [1.82, 2.24) is 9.62 Å². The topological polar surface area (TPSA) is 132 Å². The highest BCUT2D eigenvalue weighted by molar-refractivity contribution is 7.92. The second kappa shape index (κ2) is 10.7. The lowest BCUT2D eigenvalue weighted by molar-refractivity contribution is -0.120. The van der Waals surface area contributed by atoms with Gasteiger partial charge in [0, 0.05) is 31.1 Å². The van der Waals surface area contributed by atoms with E-state index in [0.717, 1.165) is 16.1 Å². The molecular formula is C25H33N3O8S2. The number of rotatable bonds is 8. The van der Waals surface area contributed by atoms with Crippen molar-refractivity contribution in [3.8, 4) is 11.5 Å². The van der Waals surface area contributed by atoms with Crippen molar-refractivity contribution in [2.45, 2.75) is 36.8 Å². The van der Waals surface area contributed by atoms with Gasteiger partial charge in [0.1, 0.15) is 23.6 Å². The molecule has 1 amide bonds. The minimum Gasteiger partial charge on any atom is -0.497 e. The number of carbonyl (C=O) groups is 1. The van der Waals surface area contributed by atoms with Gasteiger partial charge in [0.2, 0.25) is 26.0 Å². The van der Waals surface area contributed by atoms with Crippen LogP contribution in [0.3, 0.4) is 0 Å². The Morgan fingerprint density at radius 2 is 1.76 bits per heavy atom. The van der Waals surface area contributed by atoms with E-state index in [4.69, 9.17) is 14.2 Å². The molecule has 0 radical (unpaired) electrons. The number of sulfonamides is 2. The number of anilines is 1. The predicted molar refractivity (Wildman–Crippen MR) is 141 cm³/mol. The van der Waals surface area contributed by atoms with Gasteiger partial charge in [0.25, 0.3) is 0 Å². The molecule has 1 N–H and O–H groups in total. The van der Waals surface area contributed by atoms with Crippen LogP contribution in [0.25, 0.3) is 0 Å². The predicted octanol–water partition coefficient (Wildman–Crippen LogP) is 1.90. The van der Waals surface area contributed by atoms with Crippen LogP contribution in [0.15, 0.2) is 47.4 Å². The van der Waals surface area contributed by atoms with Crippen molar-refractivity contribution < 1.29 is 35.8 Å². The molecule has 11 nitrogen and oxygen atoms in total. The van der Waals surface area contributed by atoms with Gasteiger partial charge in [-0.2, -0.15) is 4.31 Å². The second-order valence-corrected chi connectivity index (χ2v) is 13.7. The Balaban J connectivity index is 1.53. The third-order valence-electron chi connectivity index (χ3n) is 6.43. The van der Waals surface area contributed by atoms with Gasteiger partial charge >= 0.3 is 0 Å². The number of hydrogen-bond donors (Lipinski definition) is 1. The number of fused-ring (bicyclic) bond motifs is 1. The number of benzene rings is 2. The van der Waals surface area contributed by atoms with Crippen LogP contribution in [-0.4, -0.2) is 78.9 Å². The van der Waals surface area contributed by atoms with Crippen molar-refractivity contribution in [1.29, 1.82) is 0 Å². The van der Waals surface area contributed by atoms with E-state index in [1.165, 1.54) is 28.6 Å². The largest absolute Gasteiger partial charge is 0.497 e. The van der Waals surface area contributed by atoms with Crippen LogP contribution < -0.4 is 19.1 Å². The molecular weight excluding hydrogens is 534 g/mol. The summed E-state index contributed by atoms with van der Waals surface area (Å²) < 4.78 is 69.9. The van der Waals surface area contributed by atoms with Crippen LogP contribution in [0, 0.1) is 0 Å². The summed E-state index contributed by atoms with van der Waals surface area (Å²) in [5.74, 6) is 0.696. The summed E-state index contributed by atoms with van der Waals surface area (Å²) in [5, 5.41) is 2.94. The maximum atomic E-state index is 13.1. The molecule has 4 rings (SSSR count). The Morgan fingerprint density at radius 3 is 2.37 bits per heavy atom. The minimum atomic E-state index is -3.86. The summed E-state index contributed by atoms with van der Waals surface area (Å²) in [4.78, 5) is 13.2. The quantitative estimate of drug-likeness (QED) is 0.512. The number of ether oxygens (including phenoxy) is 3. The van der Waals surface area contributed by atoms with Crippen molar-refractivity contribution >= 4 is 31.6 Å². The normalized spacial score (nSPS) is 19.6. The first-order valence-electron chi connectivity index (χ1n) is 12.1. The average molecular weight is 568 g/mol. The van der Waals surface area contributed by atoms with E-state index in [-0.39, 0.29) is 23.7 Å². The van der Waals surface area contributed by atoms with Gasteiger partial charge in [-0.05, 0) is 50.2 Å². The fourth-order valence-corrected chi connectivity index (χ4v) is 6.84. The van der Waals surface area contributed by atoms with Gasteiger partial charge in [-0.15, -0.1) is 0 Å². The molecule has 0 saturated carbocycles. The molecule has 38 heavy (non-hydrogen) atoms. The smallest absolute Gasteiger partial charge is 0.243 e. The Bertz CT molecular complexity index is 1390. The number of carbonyl (C=O) groups excluding carboxylic acids is 1. The zero-order valence-corrected chi connectivity index (χ0v) is 23.5. The molecule has 2 heterocycles. The van der Waals surface area contributed by atoms with E-state index in [0.29, 0.717) is 31.1 Å². The van der Waals surface area contributed by atoms with Crippen LogP contribution in [0.5, 0.6) is 11.5 Å². The van der Waals surface area contributed by atoms with Crippen molar-refractivity contribution in [2.75, 3.05) is 50.5 Å². The minimum absolute atomic E-state index is 0.0394. The summed E-state index contributed by atoms with van der Waals surface area (Å²) in [6.07, 6.45) is 1.48. The number of hydrogen-bond acceptors (Lipinski definition) is 8. The molecule has 2 aromatic rings. The number of morpholine rings is 1. The van der Waals surface area contributed by atoms with Gasteiger partial charge in [0.15, 0.2) is 0 Å². The van der Waals surface area contributed by atoms with E-state index in [2.05, 4.69) is 5.32 Å². The highest BCUT2D eigenvalue weighted by Gasteiger charge is 2.35. The lowest BCUT2D eigenvalue weighted by Crippen LogP contribution is -2.45. The van der Waals surface area contributed by atoms with E-state index in [1.807, 2.05) is 19.9 Å². The Kier molecular flexibility index (Phi) is 7.94. The Hall–Kier alpha value is -2.87. The van der Waals surface area contributed by atoms with Crippen molar-refractivity contribution in [3.05, 3.63) is 48.0 Å². The fraction of sp³-hybridized carbons (Fsp3) is 0.480. The molecule has 2 aromatic carbocycles. The zero-order valence-electron chi connectivity index (χ0n) is 21.8. The SMILES string of the molecule is COc1ccc2c(c1)OC(C)(C)CC2NC(=O)CN(c1ccc(S(=O)(=O)N2CCOCC2)cc1)S(C)(=O)=O. The summed E-state index contributed by atoms with van der Waals surface area (Å²) in [5.41, 5.74) is 0.374. The van der Waals surface area contributed by atoms with E-state index < -0.39 is 44.1 Å². The van der Waals surface area contributed by atoms with Gasteiger partial charge in [-0.25, -0.2) is 16.8 Å². The molecule has 13 heteroatoms. The van der Waals surface area contributed by atoms with Crippen LogP contribution in [0.1, 0.15) is 31.9 Å². The maximum Gasteiger partial charge on any atom is 0.243 e. The van der Waals surface area contributed by atoms with Crippen molar-refractivity contribution in [2.24, 2.45) is 0 Å². The standard InChI is InChI=1S/C25H33N3O8S2/c1-25(2)16-22(21-10-7-19(34-3)15-23(21)36-25)26-24(29)17-28(37(4,30)31)18-5-8-20(9-6-18)38(32,33)27-11-13-35-14-12-27/h5-10,15,22H,11-14,16-17H2,1-4H3,(H,26,29). The molecule has 2 aliphatic rings. The molecule has 0 spiro atoms. The van der Waals surface area contributed by atoms with Gasteiger partial charge in [0.05, 0.1) is 43.2 Å². The van der Waals surface area contributed by atoms with Gasteiger partial charge in [-0.3, -0.25) is 9.10 Å². The molecule has 208 valence electrons. The van der Waals surface area contributed by atoms with Crippen LogP contribution >= 0.6 is 0 Å². The number of nitrogens with zero attached hydrogens (tertiary/aromatic N) is 2. The first kappa shape index (κ1) is 28.1. The Morgan fingerprint density at radius 1 is 1.11 bits per heavy atom. The highest BCUT2D eigenvalue weighted by atomic mass is 32.2. The second-order valence-electron chi connectivity index (χ2n) is 9.87. The third kappa shape index (κ3) is 6.22. The number of nitrogens with one attached hydrogen (secondary N) is 1. The molecule has 0 aliphatic carbocycles. The molecule has 0 bridgehead atoms. The van der Waals surface area contributed by atoms with Crippen molar-refractivity contribution in [3.63, 3.8) is 0 Å². The highest BCUT2D eigenvalue weighted by Crippen LogP contribution is 2.41.